The molecule has 0 aliphatic rings. The van der Waals surface area contributed by atoms with Crippen LogP contribution in [0, 0.1) is 0 Å². The van der Waals surface area contributed by atoms with Gasteiger partial charge in [0.15, 0.2) is 26.3 Å². The maximum atomic E-state index is 13.1. The number of hydrogen-bond acceptors (Lipinski definition) is 6. The third-order valence-corrected chi connectivity index (χ3v) is 7.47. The minimum absolute atomic E-state index is 0.0186. The Kier molecular flexibility index (Phi) is 4.92. The van der Waals surface area contributed by atoms with E-state index in [2.05, 4.69) is 15.0 Å². The van der Waals surface area contributed by atoms with Crippen LogP contribution < -0.4 is 0 Å². The van der Waals surface area contributed by atoms with Crippen LogP contribution in [-0.2, 0) is 33.9 Å². The number of halogens is 3. The number of rotatable bonds is 4. The van der Waals surface area contributed by atoms with Gasteiger partial charge in [-0.15, -0.1) is 0 Å². The molecule has 0 aliphatic carbocycles. The largest absolute Gasteiger partial charge is 0.417 e. The van der Waals surface area contributed by atoms with Gasteiger partial charge in [-0.05, 0) is 18.2 Å². The molecular formula is C18H16F3N5O3S2. The molecule has 4 rings (SSSR count). The number of nitrogens with zero attached hydrogens (tertiary/aromatic N) is 5. The van der Waals surface area contributed by atoms with E-state index in [1.165, 1.54) is 47.5 Å². The molecule has 0 aromatic carbocycles. The molecule has 164 valence electrons. The summed E-state index contributed by atoms with van der Waals surface area (Å²) in [6.45, 7) is 1.47. The van der Waals surface area contributed by atoms with Gasteiger partial charge in [-0.2, -0.15) is 13.2 Å². The first kappa shape index (κ1) is 21.4. The maximum absolute atomic E-state index is 13.1. The monoisotopic (exact) mass is 471 g/mol. The highest BCUT2D eigenvalue weighted by molar-refractivity contribution is 7.91. The standard InChI is InChI=1S/C18H16F3N5O3S2/c1-4-31(28,29)17-14(24-13-8-11(30(3)27)5-6-26(13)17)16-23-12-7-10(18(19,20)21)9-22-15(12)25(16)2/h5-9H,4H2,1-3H3. The number of aryl methyl sites for hydroxylation is 1. The van der Waals surface area contributed by atoms with Crippen molar-refractivity contribution >= 4 is 37.4 Å². The molecule has 0 bridgehead atoms. The summed E-state index contributed by atoms with van der Waals surface area (Å²) in [7, 11) is -3.61. The molecule has 0 amide bonds. The fourth-order valence-corrected chi connectivity index (χ4v) is 4.89. The number of hydrogen-bond donors (Lipinski definition) is 0. The molecule has 0 saturated heterocycles. The predicted molar refractivity (Wildman–Crippen MR) is 108 cm³/mol. The van der Waals surface area contributed by atoms with E-state index in [9.17, 15) is 25.8 Å². The highest BCUT2D eigenvalue weighted by Gasteiger charge is 2.33. The summed E-state index contributed by atoms with van der Waals surface area (Å²) in [6.07, 6.45) is -0.961. The second kappa shape index (κ2) is 7.12. The molecule has 13 heteroatoms. The first-order valence-electron chi connectivity index (χ1n) is 8.92. The first-order chi connectivity index (χ1) is 14.4. The van der Waals surface area contributed by atoms with Gasteiger partial charge >= 0.3 is 6.18 Å². The lowest BCUT2D eigenvalue weighted by atomic mass is 10.2. The lowest BCUT2D eigenvalue weighted by Gasteiger charge is -2.06. The zero-order valence-electron chi connectivity index (χ0n) is 16.5. The molecule has 4 heterocycles. The van der Waals surface area contributed by atoms with Crippen LogP contribution in [0.25, 0.3) is 28.3 Å². The third-order valence-electron chi connectivity index (χ3n) is 4.81. The minimum atomic E-state index is -4.59. The fraction of sp³-hybridized carbons (Fsp3) is 0.278. The smallest absolute Gasteiger partial charge is 0.310 e. The lowest BCUT2D eigenvalue weighted by molar-refractivity contribution is -0.137. The summed E-state index contributed by atoms with van der Waals surface area (Å²) in [4.78, 5) is 12.9. The van der Waals surface area contributed by atoms with Crippen LogP contribution >= 0.6 is 0 Å². The number of pyridine rings is 2. The normalized spacial score (nSPS) is 13.9. The van der Waals surface area contributed by atoms with E-state index >= 15 is 0 Å². The second-order valence-corrected chi connectivity index (χ2v) is 10.3. The summed E-state index contributed by atoms with van der Waals surface area (Å²) in [5.41, 5.74) is -0.647. The van der Waals surface area contributed by atoms with Gasteiger partial charge in [0, 0.05) is 41.4 Å². The first-order valence-corrected chi connectivity index (χ1v) is 12.1. The Morgan fingerprint density at radius 1 is 1.19 bits per heavy atom. The van der Waals surface area contributed by atoms with E-state index in [0.29, 0.717) is 11.1 Å². The van der Waals surface area contributed by atoms with Crippen LogP contribution in [0.5, 0.6) is 0 Å². The zero-order valence-corrected chi connectivity index (χ0v) is 18.1. The van der Waals surface area contributed by atoms with Crippen LogP contribution in [0.4, 0.5) is 13.2 Å². The van der Waals surface area contributed by atoms with Crippen LogP contribution in [-0.4, -0.2) is 48.6 Å². The SMILES string of the molecule is CCS(=O)(=O)c1c(-c2nc3cc(C(F)(F)F)cnc3n2C)nc2cc(S(C)=O)ccn12. The lowest BCUT2D eigenvalue weighted by Crippen LogP contribution is -2.09. The molecule has 31 heavy (non-hydrogen) atoms. The van der Waals surface area contributed by atoms with Gasteiger partial charge in [-0.3, -0.25) is 8.61 Å². The van der Waals surface area contributed by atoms with E-state index in [4.69, 9.17) is 0 Å². The van der Waals surface area contributed by atoms with E-state index < -0.39 is 32.4 Å². The molecule has 1 atom stereocenters. The number of fused-ring (bicyclic) bond motifs is 2. The van der Waals surface area contributed by atoms with Crippen molar-refractivity contribution in [3.05, 3.63) is 36.2 Å². The minimum Gasteiger partial charge on any atom is -0.310 e. The zero-order chi connectivity index (χ0) is 22.7. The van der Waals surface area contributed by atoms with Gasteiger partial charge < -0.3 is 4.57 Å². The second-order valence-electron chi connectivity index (χ2n) is 6.77. The molecule has 8 nitrogen and oxygen atoms in total. The van der Waals surface area contributed by atoms with Gasteiger partial charge in [0.1, 0.15) is 16.9 Å². The molecule has 4 aromatic rings. The average Bonchev–Trinajstić information content (AvgIpc) is 3.24. The Morgan fingerprint density at radius 3 is 2.52 bits per heavy atom. The summed E-state index contributed by atoms with van der Waals surface area (Å²) in [5.74, 6) is -0.174. The van der Waals surface area contributed by atoms with E-state index in [0.717, 1.165) is 6.07 Å². The number of aromatic nitrogens is 5. The van der Waals surface area contributed by atoms with Crippen LogP contribution in [0.3, 0.4) is 0 Å². The van der Waals surface area contributed by atoms with E-state index in [1.807, 2.05) is 0 Å². The van der Waals surface area contributed by atoms with Crippen LogP contribution in [0.2, 0.25) is 0 Å². The third kappa shape index (κ3) is 3.51. The molecule has 0 radical (unpaired) electrons. The van der Waals surface area contributed by atoms with Crippen molar-refractivity contribution in [1.29, 1.82) is 0 Å². The summed E-state index contributed by atoms with van der Waals surface area (Å²) >= 11 is 0. The number of imidazole rings is 2. The molecule has 0 spiro atoms. The molecule has 0 aliphatic heterocycles. The Balaban J connectivity index is 2.05. The van der Waals surface area contributed by atoms with Gasteiger partial charge in [0.25, 0.3) is 0 Å². The van der Waals surface area contributed by atoms with Crippen molar-refractivity contribution in [3.63, 3.8) is 0 Å². The van der Waals surface area contributed by atoms with Crippen molar-refractivity contribution in [2.75, 3.05) is 12.0 Å². The van der Waals surface area contributed by atoms with E-state index in [1.54, 1.807) is 0 Å². The van der Waals surface area contributed by atoms with Gasteiger partial charge in [0.05, 0.1) is 11.3 Å². The van der Waals surface area contributed by atoms with Gasteiger partial charge in [-0.25, -0.2) is 23.4 Å². The molecule has 0 saturated carbocycles. The maximum Gasteiger partial charge on any atom is 0.417 e. The van der Waals surface area contributed by atoms with E-state index in [-0.39, 0.29) is 39.1 Å². The van der Waals surface area contributed by atoms with Crippen molar-refractivity contribution in [2.24, 2.45) is 7.05 Å². The fourth-order valence-electron chi connectivity index (χ4n) is 3.20. The summed E-state index contributed by atoms with van der Waals surface area (Å²) in [6, 6.07) is 3.88. The summed E-state index contributed by atoms with van der Waals surface area (Å²) in [5, 5.41) is -0.145. The number of sulfone groups is 1. The molecule has 0 fully saturated rings. The van der Waals surface area contributed by atoms with Gasteiger partial charge in [0.2, 0.25) is 0 Å². The Hall–Kier alpha value is -2.80. The predicted octanol–water partition coefficient (Wildman–Crippen LogP) is 2.83. The molecule has 0 N–H and O–H groups in total. The van der Waals surface area contributed by atoms with Crippen molar-refractivity contribution < 1.29 is 25.8 Å². The van der Waals surface area contributed by atoms with Crippen molar-refractivity contribution in [2.45, 2.75) is 23.0 Å². The van der Waals surface area contributed by atoms with Crippen molar-refractivity contribution in [1.82, 2.24) is 23.9 Å². The quantitative estimate of drug-likeness (QED) is 0.454. The average molecular weight is 471 g/mol. The Bertz CT molecular complexity index is 1470. The van der Waals surface area contributed by atoms with Gasteiger partial charge in [-0.1, -0.05) is 6.92 Å². The molecule has 4 aromatic heterocycles. The highest BCUT2D eigenvalue weighted by Crippen LogP contribution is 2.33. The number of alkyl halides is 3. The Morgan fingerprint density at radius 2 is 1.90 bits per heavy atom. The highest BCUT2D eigenvalue weighted by atomic mass is 32.2. The molecule has 1 unspecified atom stereocenters. The van der Waals surface area contributed by atoms with Crippen LogP contribution in [0.1, 0.15) is 12.5 Å². The van der Waals surface area contributed by atoms with Crippen molar-refractivity contribution in [3.8, 4) is 11.5 Å². The topological polar surface area (TPSA) is 99.2 Å². The molecular weight excluding hydrogens is 455 g/mol. The Labute approximate surface area is 177 Å². The van der Waals surface area contributed by atoms with Crippen LogP contribution in [0.15, 0.2) is 40.5 Å². The summed E-state index contributed by atoms with van der Waals surface area (Å²) < 4.78 is 79.5.